The van der Waals surface area contributed by atoms with Crippen molar-refractivity contribution in [2.45, 2.75) is 26.2 Å². The number of benzene rings is 1. The van der Waals surface area contributed by atoms with Crippen LogP contribution in [0.15, 0.2) is 24.3 Å². The zero-order valence-corrected chi connectivity index (χ0v) is 11.8. The molecule has 1 aromatic rings. The molecule has 0 unspecified atom stereocenters. The molecule has 0 aromatic heterocycles. The number of piperazine rings is 1. The van der Waals surface area contributed by atoms with Crippen LogP contribution in [-0.4, -0.2) is 36.3 Å². The highest BCUT2D eigenvalue weighted by Crippen LogP contribution is 2.29. The number of amides is 2. The van der Waals surface area contributed by atoms with Crippen LogP contribution in [0.5, 0.6) is 0 Å². The molecular formula is C16H20N2O2. The summed E-state index contributed by atoms with van der Waals surface area (Å²) in [4.78, 5) is 28.1. The highest BCUT2D eigenvalue weighted by atomic mass is 16.2. The monoisotopic (exact) mass is 272 g/mol. The van der Waals surface area contributed by atoms with Crippen LogP contribution in [0.3, 0.4) is 0 Å². The van der Waals surface area contributed by atoms with Gasteiger partial charge < -0.3 is 9.80 Å². The maximum absolute atomic E-state index is 12.3. The van der Waals surface area contributed by atoms with Gasteiger partial charge in [-0.2, -0.15) is 0 Å². The fraction of sp³-hybridized carbons (Fsp3) is 0.500. The van der Waals surface area contributed by atoms with Crippen LogP contribution in [0.1, 0.15) is 24.8 Å². The molecule has 2 amide bonds. The summed E-state index contributed by atoms with van der Waals surface area (Å²) in [6.45, 7) is 3.48. The molecule has 4 nitrogen and oxygen atoms in total. The van der Waals surface area contributed by atoms with Gasteiger partial charge in [-0.05, 0) is 31.4 Å². The third kappa shape index (κ3) is 2.30. The van der Waals surface area contributed by atoms with Crippen LogP contribution < -0.4 is 4.90 Å². The molecule has 1 saturated carbocycles. The minimum atomic E-state index is 0.0261. The third-order valence-electron chi connectivity index (χ3n) is 4.39. The molecule has 1 aliphatic heterocycles. The Morgan fingerprint density at radius 3 is 2.55 bits per heavy atom. The second-order valence-corrected chi connectivity index (χ2v) is 5.72. The molecule has 4 heteroatoms. The fourth-order valence-corrected chi connectivity index (χ4v) is 2.90. The largest absolute Gasteiger partial charge is 0.331 e. The number of hydrogen-bond acceptors (Lipinski definition) is 2. The van der Waals surface area contributed by atoms with Gasteiger partial charge in [0.15, 0.2) is 0 Å². The van der Waals surface area contributed by atoms with Gasteiger partial charge in [-0.1, -0.05) is 24.6 Å². The van der Waals surface area contributed by atoms with Crippen molar-refractivity contribution in [3.63, 3.8) is 0 Å². The highest BCUT2D eigenvalue weighted by Gasteiger charge is 2.34. The SMILES string of the molecule is Cc1ccccc1N1CCN(C(=O)C2CCC2)CC1=O. The lowest BCUT2D eigenvalue weighted by molar-refractivity contribution is -0.142. The van der Waals surface area contributed by atoms with Gasteiger partial charge in [0.05, 0.1) is 0 Å². The number of hydrogen-bond donors (Lipinski definition) is 0. The van der Waals surface area contributed by atoms with Crippen molar-refractivity contribution < 1.29 is 9.59 Å². The quantitative estimate of drug-likeness (QED) is 0.826. The molecular weight excluding hydrogens is 252 g/mol. The van der Waals surface area contributed by atoms with Crippen molar-refractivity contribution >= 4 is 17.5 Å². The van der Waals surface area contributed by atoms with Crippen LogP contribution in [0.4, 0.5) is 5.69 Å². The highest BCUT2D eigenvalue weighted by molar-refractivity contribution is 5.98. The lowest BCUT2D eigenvalue weighted by Crippen LogP contribution is -2.54. The Hall–Kier alpha value is -1.84. The molecule has 2 fully saturated rings. The maximum atomic E-state index is 12.3. The minimum Gasteiger partial charge on any atom is -0.331 e. The summed E-state index contributed by atoms with van der Waals surface area (Å²) >= 11 is 0. The normalized spacial score (nSPS) is 19.9. The number of para-hydroxylation sites is 1. The Balaban J connectivity index is 1.69. The predicted octanol–water partition coefficient (Wildman–Crippen LogP) is 1.97. The van der Waals surface area contributed by atoms with Crippen molar-refractivity contribution in [1.82, 2.24) is 4.90 Å². The lowest BCUT2D eigenvalue weighted by atomic mass is 9.84. The zero-order chi connectivity index (χ0) is 14.1. The van der Waals surface area contributed by atoms with Crippen LogP contribution in [0, 0.1) is 12.8 Å². The summed E-state index contributed by atoms with van der Waals surface area (Å²) in [5, 5.41) is 0. The second-order valence-electron chi connectivity index (χ2n) is 5.72. The van der Waals surface area contributed by atoms with E-state index in [1.165, 1.54) is 0 Å². The average Bonchev–Trinajstić information content (AvgIpc) is 2.37. The molecule has 3 rings (SSSR count). The average molecular weight is 272 g/mol. The third-order valence-corrected chi connectivity index (χ3v) is 4.39. The van der Waals surface area contributed by atoms with E-state index in [9.17, 15) is 9.59 Å². The first-order valence-corrected chi connectivity index (χ1v) is 7.31. The zero-order valence-electron chi connectivity index (χ0n) is 11.8. The van der Waals surface area contributed by atoms with Crippen LogP contribution >= 0.6 is 0 Å². The molecule has 0 spiro atoms. The van der Waals surface area contributed by atoms with E-state index < -0.39 is 0 Å². The summed E-state index contributed by atoms with van der Waals surface area (Å²) in [6, 6.07) is 7.90. The van der Waals surface area contributed by atoms with Gasteiger partial charge in [0, 0.05) is 24.7 Å². The van der Waals surface area contributed by atoms with Crippen molar-refractivity contribution in [2.75, 3.05) is 24.5 Å². The van der Waals surface area contributed by atoms with Gasteiger partial charge in [-0.3, -0.25) is 9.59 Å². The number of carbonyl (C=O) groups is 2. The van der Waals surface area contributed by atoms with E-state index in [1.807, 2.05) is 31.2 Å². The van der Waals surface area contributed by atoms with E-state index in [0.717, 1.165) is 30.5 Å². The standard InChI is InChI=1S/C16H20N2O2/c1-12-5-2-3-8-14(12)18-10-9-17(11-15(18)19)16(20)13-6-4-7-13/h2-3,5,8,13H,4,6-7,9-11H2,1H3. The second kappa shape index (κ2) is 5.27. The van der Waals surface area contributed by atoms with E-state index >= 15 is 0 Å². The Morgan fingerprint density at radius 1 is 1.20 bits per heavy atom. The molecule has 0 N–H and O–H groups in total. The van der Waals surface area contributed by atoms with Gasteiger partial charge in [0.1, 0.15) is 6.54 Å². The van der Waals surface area contributed by atoms with E-state index in [-0.39, 0.29) is 24.3 Å². The summed E-state index contributed by atoms with van der Waals surface area (Å²) < 4.78 is 0. The van der Waals surface area contributed by atoms with E-state index in [1.54, 1.807) is 9.80 Å². The molecule has 1 saturated heterocycles. The first-order chi connectivity index (χ1) is 9.66. The van der Waals surface area contributed by atoms with E-state index in [4.69, 9.17) is 0 Å². The Kier molecular flexibility index (Phi) is 3.47. The summed E-state index contributed by atoms with van der Waals surface area (Å²) in [5.41, 5.74) is 2.06. The molecule has 1 aromatic carbocycles. The first kappa shape index (κ1) is 13.2. The van der Waals surface area contributed by atoms with Crippen molar-refractivity contribution in [3.05, 3.63) is 29.8 Å². The van der Waals surface area contributed by atoms with Gasteiger partial charge in [0.25, 0.3) is 0 Å². The molecule has 1 aliphatic carbocycles. The van der Waals surface area contributed by atoms with Crippen molar-refractivity contribution in [1.29, 1.82) is 0 Å². The molecule has 0 bridgehead atoms. The van der Waals surface area contributed by atoms with E-state index in [0.29, 0.717) is 13.1 Å². The number of nitrogens with zero attached hydrogens (tertiary/aromatic N) is 2. The number of anilines is 1. The molecule has 106 valence electrons. The Morgan fingerprint density at radius 2 is 1.95 bits per heavy atom. The molecule has 0 atom stereocenters. The maximum Gasteiger partial charge on any atom is 0.246 e. The van der Waals surface area contributed by atoms with Crippen LogP contribution in [0.2, 0.25) is 0 Å². The number of rotatable bonds is 2. The summed E-state index contributed by atoms with van der Waals surface area (Å²) in [7, 11) is 0. The van der Waals surface area contributed by atoms with Gasteiger partial charge in [0.2, 0.25) is 11.8 Å². The molecule has 0 radical (unpaired) electrons. The van der Waals surface area contributed by atoms with Crippen LogP contribution in [-0.2, 0) is 9.59 Å². The van der Waals surface area contributed by atoms with Crippen LogP contribution in [0.25, 0.3) is 0 Å². The molecule has 20 heavy (non-hydrogen) atoms. The van der Waals surface area contributed by atoms with E-state index in [2.05, 4.69) is 0 Å². The summed E-state index contributed by atoms with van der Waals surface area (Å²) in [5.74, 6) is 0.375. The number of carbonyl (C=O) groups excluding carboxylic acids is 2. The summed E-state index contributed by atoms with van der Waals surface area (Å²) in [6.07, 6.45) is 3.13. The molecule has 2 aliphatic rings. The smallest absolute Gasteiger partial charge is 0.246 e. The van der Waals surface area contributed by atoms with Gasteiger partial charge >= 0.3 is 0 Å². The minimum absolute atomic E-state index is 0.0261. The van der Waals surface area contributed by atoms with Gasteiger partial charge in [-0.25, -0.2) is 0 Å². The lowest BCUT2D eigenvalue weighted by Gasteiger charge is -2.38. The van der Waals surface area contributed by atoms with Crippen molar-refractivity contribution in [2.24, 2.45) is 5.92 Å². The topological polar surface area (TPSA) is 40.6 Å². The molecule has 1 heterocycles. The van der Waals surface area contributed by atoms with Crippen molar-refractivity contribution in [3.8, 4) is 0 Å². The Bertz CT molecular complexity index is 537. The first-order valence-electron chi connectivity index (χ1n) is 7.31. The fourth-order valence-electron chi connectivity index (χ4n) is 2.90. The Labute approximate surface area is 119 Å². The number of aryl methyl sites for hydroxylation is 1. The van der Waals surface area contributed by atoms with Gasteiger partial charge in [-0.15, -0.1) is 0 Å². The predicted molar refractivity (Wildman–Crippen MR) is 77.5 cm³/mol.